The van der Waals surface area contributed by atoms with Gasteiger partial charge in [0.25, 0.3) is 0 Å². The molecule has 0 aliphatic carbocycles. The molecular formula is C6H5Cl. The maximum absolute atomic E-state index is 7.18. The van der Waals surface area contributed by atoms with Crippen LogP contribution in [0.5, 0.6) is 0 Å². The zero-order valence-electron chi connectivity index (χ0n) is 8.38. The quantitative estimate of drug-likeness (QED) is 0.496. The fourth-order valence-corrected chi connectivity index (χ4v) is 0.329. The van der Waals surface area contributed by atoms with Crippen LogP contribution in [-0.2, 0) is 0 Å². The first-order valence-electron chi connectivity index (χ1n) is 4.19. The molecule has 0 bridgehead atoms. The van der Waals surface area contributed by atoms with Crippen molar-refractivity contribution >= 4 is 11.6 Å². The summed E-state index contributed by atoms with van der Waals surface area (Å²) < 4.78 is 35.8. The lowest BCUT2D eigenvalue weighted by molar-refractivity contribution is 1.71. The molecule has 0 heterocycles. The van der Waals surface area contributed by atoms with Crippen molar-refractivity contribution < 1.29 is 6.85 Å². The van der Waals surface area contributed by atoms with Crippen molar-refractivity contribution in [1.29, 1.82) is 0 Å². The SMILES string of the molecule is [3H]c1c([3H])c([3H])c(Cl)c([3H])c1[3H]. The molecule has 0 nitrogen and oxygen atoms in total. The van der Waals surface area contributed by atoms with Crippen LogP contribution in [0.1, 0.15) is 6.85 Å². The molecule has 0 spiro atoms. The van der Waals surface area contributed by atoms with E-state index in [1.54, 1.807) is 0 Å². The van der Waals surface area contributed by atoms with E-state index in [4.69, 9.17) is 18.5 Å². The van der Waals surface area contributed by atoms with E-state index in [2.05, 4.69) is 0 Å². The van der Waals surface area contributed by atoms with Gasteiger partial charge in [-0.2, -0.15) is 0 Å². The Morgan fingerprint density at radius 1 is 1.29 bits per heavy atom. The second-order valence-corrected chi connectivity index (χ2v) is 1.32. The number of halogens is 1. The standard InChI is InChI=1S/C6H5Cl/c7-6-4-2-1-3-5-6/h1-5H/i1T,2T,3T,4T,5T. The van der Waals surface area contributed by atoms with Crippen molar-refractivity contribution in [2.75, 3.05) is 0 Å². The zero-order valence-corrected chi connectivity index (χ0v) is 4.13. The van der Waals surface area contributed by atoms with E-state index >= 15 is 0 Å². The van der Waals surface area contributed by atoms with Gasteiger partial charge in [0.1, 0.15) is 0 Å². The molecule has 0 amide bonds. The highest BCUT2D eigenvalue weighted by Gasteiger charge is 1.74. The molecule has 36 valence electrons. The molecule has 0 N–H and O–H groups in total. The number of hydrogen-bond donors (Lipinski definition) is 0. The van der Waals surface area contributed by atoms with Crippen LogP contribution in [0.15, 0.2) is 30.2 Å². The largest absolute Gasteiger partial charge is 0.0843 e. The summed E-state index contributed by atoms with van der Waals surface area (Å²) in [4.78, 5) is 0. The maximum atomic E-state index is 7.18. The van der Waals surface area contributed by atoms with Gasteiger partial charge >= 0.3 is 0 Å². The van der Waals surface area contributed by atoms with Gasteiger partial charge in [-0.1, -0.05) is 29.7 Å². The van der Waals surface area contributed by atoms with E-state index < -0.39 is 18.1 Å². The maximum Gasteiger partial charge on any atom is 0.0638 e. The Labute approximate surface area is 54.8 Å². The van der Waals surface area contributed by atoms with Gasteiger partial charge in [0.05, 0.1) is 6.85 Å². The van der Waals surface area contributed by atoms with Crippen molar-refractivity contribution in [3.8, 4) is 0 Å². The first-order chi connectivity index (χ1) is 5.46. The van der Waals surface area contributed by atoms with Gasteiger partial charge in [0.2, 0.25) is 0 Å². The van der Waals surface area contributed by atoms with Crippen LogP contribution < -0.4 is 0 Å². The van der Waals surface area contributed by atoms with Gasteiger partial charge in [-0.25, -0.2) is 0 Å². The predicted octanol–water partition coefficient (Wildman–Crippen LogP) is 2.34. The molecule has 0 saturated heterocycles. The molecule has 0 aromatic heterocycles. The zero-order chi connectivity index (χ0) is 9.46. The summed E-state index contributed by atoms with van der Waals surface area (Å²) >= 11 is 5.46. The third-order valence-electron chi connectivity index (χ3n) is 0.469. The fourth-order valence-electron chi connectivity index (χ4n) is 0.235. The van der Waals surface area contributed by atoms with Crippen LogP contribution in [0.4, 0.5) is 0 Å². The molecule has 0 radical (unpaired) electrons. The van der Waals surface area contributed by atoms with E-state index in [0.29, 0.717) is 0 Å². The smallest absolute Gasteiger partial charge is 0.0638 e. The van der Waals surface area contributed by atoms with E-state index in [9.17, 15) is 0 Å². The Kier molecular flexibility index (Phi) is 0.424. The van der Waals surface area contributed by atoms with Crippen molar-refractivity contribution in [3.63, 3.8) is 0 Å². The normalized spacial score (nSPS) is 18.7. The van der Waals surface area contributed by atoms with Gasteiger partial charge in [-0.15, -0.1) is 0 Å². The van der Waals surface area contributed by atoms with E-state index in [1.807, 2.05) is 0 Å². The minimum absolute atomic E-state index is 0.235. The van der Waals surface area contributed by atoms with Crippen molar-refractivity contribution in [3.05, 3.63) is 35.2 Å². The van der Waals surface area contributed by atoms with Crippen molar-refractivity contribution in [1.82, 2.24) is 0 Å². The lowest BCUT2D eigenvalue weighted by Gasteiger charge is -1.80. The van der Waals surface area contributed by atoms with Crippen LogP contribution in [0, 0.1) is 0 Å². The summed E-state index contributed by atoms with van der Waals surface area (Å²) in [5, 5.41) is -0.235. The molecule has 1 heteroatoms. The highest BCUT2D eigenvalue weighted by molar-refractivity contribution is 6.30. The van der Waals surface area contributed by atoms with Gasteiger partial charge in [-0.05, 0) is 12.1 Å². The first kappa shape index (κ1) is 1.49. The molecule has 0 fully saturated rings. The summed E-state index contributed by atoms with van der Waals surface area (Å²) in [7, 11) is 0. The van der Waals surface area contributed by atoms with Crippen LogP contribution in [0.3, 0.4) is 0 Å². The monoisotopic (exact) mass is 122 g/mol. The van der Waals surface area contributed by atoms with Gasteiger partial charge in [0.15, 0.2) is 0 Å². The average molecular weight is 123 g/mol. The van der Waals surface area contributed by atoms with Crippen LogP contribution in [0.25, 0.3) is 0 Å². The molecule has 1 aromatic carbocycles. The first-order valence-corrected chi connectivity index (χ1v) is 2.07. The van der Waals surface area contributed by atoms with Gasteiger partial charge in [0, 0.05) is 5.02 Å². The second kappa shape index (κ2) is 1.99. The number of hydrogen-bond acceptors (Lipinski definition) is 0. The van der Waals surface area contributed by atoms with Crippen molar-refractivity contribution in [2.24, 2.45) is 0 Å². The molecular weight excluding hydrogens is 108 g/mol. The molecule has 0 atom stereocenters. The topological polar surface area (TPSA) is 0 Å². The average Bonchev–Trinajstić information content (AvgIpc) is 2.08. The molecule has 0 saturated carbocycles. The van der Waals surface area contributed by atoms with Gasteiger partial charge < -0.3 is 0 Å². The summed E-state index contributed by atoms with van der Waals surface area (Å²) in [5.41, 5.74) is 0. The Balaban J connectivity index is 3.60. The Morgan fingerprint density at radius 3 is 2.43 bits per heavy atom. The molecule has 1 aromatic rings. The molecule has 0 aliphatic heterocycles. The lowest BCUT2D eigenvalue weighted by Crippen LogP contribution is -1.55. The molecule has 0 aliphatic rings. The van der Waals surface area contributed by atoms with Gasteiger partial charge in [-0.3, -0.25) is 0 Å². The van der Waals surface area contributed by atoms with E-state index in [0.717, 1.165) is 0 Å². The molecule has 7 heavy (non-hydrogen) atoms. The minimum Gasteiger partial charge on any atom is -0.0843 e. The molecule has 0 unspecified atom stereocenters. The predicted molar refractivity (Wildman–Crippen MR) is 31.5 cm³/mol. The second-order valence-electron chi connectivity index (χ2n) is 0.939. The Morgan fingerprint density at radius 2 is 1.86 bits per heavy atom. The third-order valence-corrected chi connectivity index (χ3v) is 0.658. The number of rotatable bonds is 0. The minimum atomic E-state index is -0.422. The van der Waals surface area contributed by atoms with Crippen LogP contribution in [0.2, 0.25) is 5.02 Å². The van der Waals surface area contributed by atoms with Crippen LogP contribution >= 0.6 is 11.6 Å². The summed E-state index contributed by atoms with van der Waals surface area (Å²) in [6.45, 7) is 0. The highest BCUT2D eigenvalue weighted by atomic mass is 35.5. The molecule has 1 rings (SSSR count). The van der Waals surface area contributed by atoms with Crippen molar-refractivity contribution in [2.45, 2.75) is 0 Å². The summed E-state index contributed by atoms with van der Waals surface area (Å²) in [6.07, 6.45) is 0. The highest BCUT2D eigenvalue weighted by Crippen LogP contribution is 2.03. The lowest BCUT2D eigenvalue weighted by atomic mass is 10.4. The third kappa shape index (κ3) is 1.20. The van der Waals surface area contributed by atoms with E-state index in [-0.39, 0.29) is 17.1 Å². The summed E-state index contributed by atoms with van der Waals surface area (Å²) in [5.74, 6) is 0. The fraction of sp³-hybridized carbons (Fsp3) is 0. The van der Waals surface area contributed by atoms with Crippen LogP contribution in [-0.4, -0.2) is 0 Å². The van der Waals surface area contributed by atoms with E-state index in [1.165, 1.54) is 0 Å². The number of benzene rings is 1. The summed E-state index contributed by atoms with van der Waals surface area (Å²) in [6, 6.07) is -1.94. The Bertz CT molecular complexity index is 230. The Hall–Kier alpha value is -0.490.